The highest BCUT2D eigenvalue weighted by Gasteiger charge is 2.37. The van der Waals surface area contributed by atoms with Crippen LogP contribution in [0.25, 0.3) is 0 Å². The van der Waals surface area contributed by atoms with Crippen LogP contribution in [-0.4, -0.2) is 35.0 Å². The van der Waals surface area contributed by atoms with E-state index in [2.05, 4.69) is 10.3 Å². The summed E-state index contributed by atoms with van der Waals surface area (Å²) in [6, 6.07) is 11.6. The van der Waals surface area contributed by atoms with Crippen molar-refractivity contribution in [2.75, 3.05) is 18.6 Å². The van der Waals surface area contributed by atoms with Gasteiger partial charge in [-0.05, 0) is 42.3 Å². The van der Waals surface area contributed by atoms with E-state index in [0.717, 1.165) is 11.1 Å². The largest absolute Gasteiger partial charge is 0.497 e. The molecule has 2 heterocycles. The number of nitrogens with zero attached hydrogens (tertiary/aromatic N) is 3. The first-order valence-electron chi connectivity index (χ1n) is 10.4. The lowest BCUT2D eigenvalue weighted by Crippen LogP contribution is -2.37. The van der Waals surface area contributed by atoms with Gasteiger partial charge in [0.15, 0.2) is 0 Å². The lowest BCUT2D eigenvalue weighted by molar-refractivity contribution is -0.126. The maximum atomic E-state index is 14.4. The van der Waals surface area contributed by atoms with Gasteiger partial charge >= 0.3 is 0 Å². The van der Waals surface area contributed by atoms with Gasteiger partial charge in [-0.25, -0.2) is 9.37 Å². The number of nitrogens with one attached hydrogen (secondary N) is 1. The Morgan fingerprint density at radius 3 is 2.78 bits per heavy atom. The van der Waals surface area contributed by atoms with Gasteiger partial charge in [-0.15, -0.1) is 0 Å². The summed E-state index contributed by atoms with van der Waals surface area (Å²) in [4.78, 5) is 31.5. The van der Waals surface area contributed by atoms with Gasteiger partial charge in [-0.1, -0.05) is 18.2 Å². The quantitative estimate of drug-likeness (QED) is 0.644. The summed E-state index contributed by atoms with van der Waals surface area (Å²) in [5.74, 6) is -0.323. The normalized spacial score (nSPS) is 16.8. The van der Waals surface area contributed by atoms with Gasteiger partial charge in [-0.2, -0.15) is 0 Å². The summed E-state index contributed by atoms with van der Waals surface area (Å²) in [7, 11) is 3.43. The number of halogens is 1. The van der Waals surface area contributed by atoms with E-state index in [4.69, 9.17) is 4.74 Å². The topological polar surface area (TPSA) is 76.5 Å². The number of imidazole rings is 1. The molecule has 4 rings (SSSR count). The summed E-state index contributed by atoms with van der Waals surface area (Å²) >= 11 is 0. The summed E-state index contributed by atoms with van der Waals surface area (Å²) in [6.45, 7) is 1.90. The molecule has 0 spiro atoms. The molecule has 1 saturated heterocycles. The van der Waals surface area contributed by atoms with E-state index in [1.165, 1.54) is 11.0 Å². The lowest BCUT2D eigenvalue weighted by atomic mass is 10.0. The Morgan fingerprint density at radius 1 is 1.28 bits per heavy atom. The van der Waals surface area contributed by atoms with Crippen LogP contribution in [-0.2, 0) is 16.6 Å². The van der Waals surface area contributed by atoms with E-state index >= 15 is 0 Å². The fourth-order valence-corrected chi connectivity index (χ4v) is 3.98. The minimum atomic E-state index is -0.600. The predicted molar refractivity (Wildman–Crippen MR) is 118 cm³/mol. The molecule has 32 heavy (non-hydrogen) atoms. The predicted octanol–water partition coefficient (Wildman–Crippen LogP) is 3.13. The molecule has 1 fully saturated rings. The maximum Gasteiger partial charge on any atom is 0.227 e. The van der Waals surface area contributed by atoms with Crippen molar-refractivity contribution in [1.29, 1.82) is 0 Å². The van der Waals surface area contributed by atoms with Crippen molar-refractivity contribution in [3.05, 3.63) is 77.6 Å². The highest BCUT2D eigenvalue weighted by molar-refractivity contribution is 6.00. The molecule has 1 aliphatic heterocycles. The number of carbonyl (C=O) groups excluding carboxylic acids is 2. The molecule has 8 heteroatoms. The number of methoxy groups -OCH3 is 1. The Bertz CT molecular complexity index is 1160. The van der Waals surface area contributed by atoms with E-state index in [1.54, 1.807) is 38.6 Å². The highest BCUT2D eigenvalue weighted by Crippen LogP contribution is 2.30. The van der Waals surface area contributed by atoms with Crippen molar-refractivity contribution in [2.24, 2.45) is 13.0 Å². The monoisotopic (exact) mass is 436 g/mol. The van der Waals surface area contributed by atoms with E-state index in [-0.39, 0.29) is 30.5 Å². The van der Waals surface area contributed by atoms with E-state index in [9.17, 15) is 14.0 Å². The van der Waals surface area contributed by atoms with Crippen LogP contribution in [0.4, 0.5) is 10.1 Å². The molecule has 0 saturated carbocycles. The lowest BCUT2D eigenvalue weighted by Gasteiger charge is -2.22. The zero-order valence-corrected chi connectivity index (χ0v) is 18.2. The van der Waals surface area contributed by atoms with Gasteiger partial charge in [0.2, 0.25) is 11.8 Å². The van der Waals surface area contributed by atoms with Crippen LogP contribution in [0, 0.1) is 18.7 Å². The van der Waals surface area contributed by atoms with Crippen LogP contribution >= 0.6 is 0 Å². The molecule has 3 aromatic rings. The molecule has 166 valence electrons. The Kier molecular flexibility index (Phi) is 5.94. The Hall–Kier alpha value is -3.68. The zero-order valence-electron chi connectivity index (χ0n) is 18.2. The molecule has 0 aliphatic carbocycles. The second-order valence-electron chi connectivity index (χ2n) is 7.97. The van der Waals surface area contributed by atoms with E-state index < -0.39 is 17.8 Å². The second-order valence-corrected chi connectivity index (χ2v) is 7.97. The third-order valence-electron chi connectivity index (χ3n) is 5.72. The van der Waals surface area contributed by atoms with Gasteiger partial charge in [-0.3, -0.25) is 9.59 Å². The number of aryl methyl sites for hydroxylation is 2. The van der Waals surface area contributed by atoms with Gasteiger partial charge in [0.25, 0.3) is 0 Å². The first-order valence-corrected chi connectivity index (χ1v) is 10.4. The second kappa shape index (κ2) is 8.82. The Morgan fingerprint density at radius 2 is 2.09 bits per heavy atom. The number of ether oxygens (including phenoxy) is 1. The average Bonchev–Trinajstić information content (AvgIpc) is 3.37. The van der Waals surface area contributed by atoms with Crippen molar-refractivity contribution in [3.8, 4) is 5.75 Å². The smallest absolute Gasteiger partial charge is 0.227 e. The van der Waals surface area contributed by atoms with E-state index in [1.807, 2.05) is 35.9 Å². The summed E-state index contributed by atoms with van der Waals surface area (Å²) < 4.78 is 21.6. The van der Waals surface area contributed by atoms with Crippen molar-refractivity contribution in [3.63, 3.8) is 0 Å². The number of amides is 2. The van der Waals surface area contributed by atoms with Crippen LogP contribution in [0.1, 0.15) is 29.4 Å². The molecule has 2 amide bonds. The Balaban J connectivity index is 1.57. The molecular weight excluding hydrogens is 411 g/mol. The fourth-order valence-electron chi connectivity index (χ4n) is 3.98. The molecule has 1 aromatic heterocycles. The van der Waals surface area contributed by atoms with Crippen LogP contribution in [0.2, 0.25) is 0 Å². The van der Waals surface area contributed by atoms with Crippen LogP contribution in [0.3, 0.4) is 0 Å². The first kappa shape index (κ1) is 21.5. The van der Waals surface area contributed by atoms with Crippen molar-refractivity contribution in [2.45, 2.75) is 19.4 Å². The minimum Gasteiger partial charge on any atom is -0.497 e. The average molecular weight is 436 g/mol. The van der Waals surface area contributed by atoms with E-state index in [0.29, 0.717) is 11.6 Å². The number of carbonyl (C=O) groups is 2. The number of rotatable bonds is 6. The van der Waals surface area contributed by atoms with Crippen LogP contribution in [0.5, 0.6) is 5.75 Å². The molecule has 1 aliphatic rings. The molecule has 7 nitrogen and oxygen atoms in total. The summed E-state index contributed by atoms with van der Waals surface area (Å²) in [5, 5.41) is 3.04. The number of aromatic nitrogens is 2. The highest BCUT2D eigenvalue weighted by atomic mass is 19.1. The number of benzene rings is 2. The van der Waals surface area contributed by atoms with Gasteiger partial charge in [0.05, 0.1) is 18.7 Å². The molecular formula is C24H25FN4O3. The third-order valence-corrected chi connectivity index (χ3v) is 5.72. The summed E-state index contributed by atoms with van der Waals surface area (Å²) in [6.07, 6.45) is 3.48. The molecule has 2 atom stereocenters. The molecule has 2 aromatic carbocycles. The van der Waals surface area contributed by atoms with Gasteiger partial charge < -0.3 is 19.5 Å². The Labute approximate surface area is 185 Å². The third kappa shape index (κ3) is 4.21. The minimum absolute atomic E-state index is 0.0184. The SMILES string of the molecule is COc1cccc(C(NC(=O)C2CC(=O)N(c3ccc(C)cc3F)C2)c2nccn2C)c1. The molecule has 0 bridgehead atoms. The first-order chi connectivity index (χ1) is 15.4. The molecule has 0 radical (unpaired) electrons. The van der Waals surface area contributed by atoms with Crippen molar-refractivity contribution < 1.29 is 18.7 Å². The van der Waals surface area contributed by atoms with Gasteiger partial charge in [0.1, 0.15) is 23.4 Å². The molecule has 2 unspecified atom stereocenters. The van der Waals surface area contributed by atoms with Crippen LogP contribution < -0.4 is 15.0 Å². The fraction of sp³-hybridized carbons (Fsp3) is 0.292. The number of anilines is 1. The standard InChI is InChI=1S/C24H25FN4O3/c1-15-7-8-20(19(25)11-15)29-14-17(13-21(29)30)24(31)27-22(23-26-9-10-28(23)2)16-5-4-6-18(12-16)32-3/h4-12,17,22H,13-14H2,1-3H3,(H,27,31). The molecule has 1 N–H and O–H groups in total. The number of hydrogen-bond donors (Lipinski definition) is 1. The van der Waals surface area contributed by atoms with Crippen molar-refractivity contribution >= 4 is 17.5 Å². The maximum absolute atomic E-state index is 14.4. The van der Waals surface area contributed by atoms with Crippen LogP contribution in [0.15, 0.2) is 54.9 Å². The van der Waals surface area contributed by atoms with Gasteiger partial charge in [0, 0.05) is 32.4 Å². The zero-order chi connectivity index (χ0) is 22.8. The number of hydrogen-bond acceptors (Lipinski definition) is 4. The van der Waals surface area contributed by atoms with Crippen molar-refractivity contribution in [1.82, 2.24) is 14.9 Å². The summed E-state index contributed by atoms with van der Waals surface area (Å²) in [5.41, 5.74) is 1.77.